The van der Waals surface area contributed by atoms with Crippen LogP contribution in [0.3, 0.4) is 0 Å². The van der Waals surface area contributed by atoms with E-state index in [4.69, 9.17) is 4.18 Å². The maximum absolute atomic E-state index is 11.0. The van der Waals surface area contributed by atoms with Gasteiger partial charge in [-0.15, -0.1) is 0 Å². The van der Waals surface area contributed by atoms with Gasteiger partial charge in [-0.2, -0.15) is 0 Å². The van der Waals surface area contributed by atoms with Crippen molar-refractivity contribution in [1.29, 1.82) is 0 Å². The number of rotatable bonds is 6. The molecule has 0 unspecified atom stereocenters. The van der Waals surface area contributed by atoms with Crippen molar-refractivity contribution in [1.82, 2.24) is 0 Å². The van der Waals surface area contributed by atoms with E-state index in [0.29, 0.717) is 12.8 Å². The Morgan fingerprint density at radius 3 is 2.57 bits per heavy atom. The Labute approximate surface area is 151 Å². The predicted molar refractivity (Wildman–Crippen MR) is 79.0 cm³/mol. The zero-order valence-electron chi connectivity index (χ0n) is 13.8. The normalized spacial score (nSPS) is 21.8. The second kappa shape index (κ2) is 8.85. The standard InChI is InChI=1S/C15H26O4S.Na/c1-12(2)6-5-11-15(4,19-20(16,17)18)14-9-7-13(3)8-10-14;/h6-7,14H,5,8-11H2,1-4H3,(H,16,17,18);/q;+1/p-1/t14-,15+;/m0./s1. The summed E-state index contributed by atoms with van der Waals surface area (Å²) < 4.78 is 38.1. The fourth-order valence-corrected chi connectivity index (χ4v) is 3.40. The Morgan fingerprint density at radius 1 is 1.52 bits per heavy atom. The van der Waals surface area contributed by atoms with E-state index >= 15 is 0 Å². The van der Waals surface area contributed by atoms with Gasteiger partial charge >= 0.3 is 29.6 Å². The van der Waals surface area contributed by atoms with E-state index in [-0.39, 0.29) is 35.5 Å². The third kappa shape index (κ3) is 7.95. The predicted octanol–water partition coefficient (Wildman–Crippen LogP) is 0.719. The van der Waals surface area contributed by atoms with Gasteiger partial charge in [-0.25, -0.2) is 8.42 Å². The summed E-state index contributed by atoms with van der Waals surface area (Å²) in [7, 11) is -4.69. The molecule has 0 amide bonds. The van der Waals surface area contributed by atoms with Gasteiger partial charge in [0.05, 0.1) is 5.60 Å². The van der Waals surface area contributed by atoms with E-state index in [1.807, 2.05) is 19.9 Å². The van der Waals surface area contributed by atoms with Crippen molar-refractivity contribution in [2.75, 3.05) is 0 Å². The van der Waals surface area contributed by atoms with Gasteiger partial charge < -0.3 is 4.55 Å². The van der Waals surface area contributed by atoms with Crippen molar-refractivity contribution in [3.63, 3.8) is 0 Å². The summed E-state index contributed by atoms with van der Waals surface area (Å²) in [6, 6.07) is 0. The molecule has 0 spiro atoms. The first-order valence-electron chi connectivity index (χ1n) is 7.08. The summed E-state index contributed by atoms with van der Waals surface area (Å²) in [5.41, 5.74) is 1.58. The summed E-state index contributed by atoms with van der Waals surface area (Å²) in [5, 5.41) is 0. The van der Waals surface area contributed by atoms with Crippen LogP contribution in [0, 0.1) is 5.92 Å². The van der Waals surface area contributed by atoms with Crippen molar-refractivity contribution in [3.8, 4) is 0 Å². The van der Waals surface area contributed by atoms with Gasteiger partial charge in [-0.05, 0) is 65.7 Å². The molecule has 0 saturated heterocycles. The van der Waals surface area contributed by atoms with E-state index in [9.17, 15) is 13.0 Å². The van der Waals surface area contributed by atoms with Crippen LogP contribution in [0.25, 0.3) is 0 Å². The van der Waals surface area contributed by atoms with Crippen LogP contribution in [-0.2, 0) is 14.6 Å². The van der Waals surface area contributed by atoms with E-state index in [0.717, 1.165) is 19.3 Å². The van der Waals surface area contributed by atoms with Crippen molar-refractivity contribution in [2.45, 2.75) is 65.4 Å². The molecule has 21 heavy (non-hydrogen) atoms. The zero-order valence-corrected chi connectivity index (χ0v) is 16.6. The van der Waals surface area contributed by atoms with E-state index in [2.05, 4.69) is 13.0 Å². The maximum Gasteiger partial charge on any atom is 1.00 e. The van der Waals surface area contributed by atoms with Gasteiger partial charge in [0.2, 0.25) is 10.4 Å². The molecule has 0 bridgehead atoms. The van der Waals surface area contributed by atoms with Gasteiger partial charge in [-0.1, -0.05) is 23.3 Å². The summed E-state index contributed by atoms with van der Waals surface area (Å²) in [4.78, 5) is 0. The number of hydrogen-bond acceptors (Lipinski definition) is 4. The van der Waals surface area contributed by atoms with E-state index < -0.39 is 16.0 Å². The molecule has 0 aromatic carbocycles. The van der Waals surface area contributed by atoms with Crippen LogP contribution < -0.4 is 29.6 Å². The minimum absolute atomic E-state index is 0. The molecule has 6 heteroatoms. The Kier molecular flexibility index (Phi) is 8.99. The van der Waals surface area contributed by atoms with Crippen LogP contribution in [0.15, 0.2) is 23.3 Å². The van der Waals surface area contributed by atoms with Gasteiger partial charge in [-0.3, -0.25) is 4.18 Å². The van der Waals surface area contributed by atoms with Crippen molar-refractivity contribution < 1.29 is 46.7 Å². The van der Waals surface area contributed by atoms with Gasteiger partial charge in [0.1, 0.15) is 0 Å². The molecule has 0 aliphatic heterocycles. The third-order valence-corrected chi connectivity index (χ3v) is 4.57. The third-order valence-electron chi connectivity index (χ3n) is 3.99. The van der Waals surface area contributed by atoms with Gasteiger partial charge in [0.25, 0.3) is 0 Å². The molecule has 2 atom stereocenters. The quantitative estimate of drug-likeness (QED) is 0.312. The Balaban J connectivity index is 0.00000400. The number of hydrogen-bond donors (Lipinski definition) is 0. The molecule has 1 rings (SSSR count). The summed E-state index contributed by atoms with van der Waals surface area (Å²) in [5.74, 6) is 0.0699. The second-order valence-electron chi connectivity index (χ2n) is 6.15. The molecule has 116 valence electrons. The molecule has 0 radical (unpaired) electrons. The molecule has 1 aliphatic rings. The molecule has 0 saturated carbocycles. The van der Waals surface area contributed by atoms with Crippen LogP contribution in [-0.4, -0.2) is 18.6 Å². The van der Waals surface area contributed by atoms with Crippen molar-refractivity contribution >= 4 is 10.4 Å². The Bertz CT molecular complexity index is 492. The average molecular weight is 324 g/mol. The minimum Gasteiger partial charge on any atom is -0.726 e. The molecule has 0 aromatic rings. The summed E-state index contributed by atoms with van der Waals surface area (Å²) in [6.07, 6.45) is 7.99. The van der Waals surface area contributed by atoms with Crippen molar-refractivity contribution in [2.24, 2.45) is 5.92 Å². The van der Waals surface area contributed by atoms with Crippen LogP contribution in [0.5, 0.6) is 0 Å². The summed E-state index contributed by atoms with van der Waals surface area (Å²) >= 11 is 0. The Morgan fingerprint density at radius 2 is 2.14 bits per heavy atom. The second-order valence-corrected chi connectivity index (χ2v) is 7.13. The van der Waals surface area contributed by atoms with Crippen LogP contribution in [0.2, 0.25) is 0 Å². The van der Waals surface area contributed by atoms with Crippen LogP contribution in [0.4, 0.5) is 0 Å². The smallest absolute Gasteiger partial charge is 0.726 e. The van der Waals surface area contributed by atoms with Crippen molar-refractivity contribution in [3.05, 3.63) is 23.3 Å². The fraction of sp³-hybridized carbons (Fsp3) is 0.733. The summed E-state index contributed by atoms with van der Waals surface area (Å²) in [6.45, 7) is 7.81. The molecule has 1 aliphatic carbocycles. The molecule has 0 fully saturated rings. The molecular weight excluding hydrogens is 299 g/mol. The SMILES string of the molecule is CC(C)=CCC[C@@](C)(OS(=O)(=O)[O-])[C@H]1CC=C(C)CC1.[Na+]. The monoisotopic (exact) mass is 324 g/mol. The molecule has 4 nitrogen and oxygen atoms in total. The maximum atomic E-state index is 11.0. The first-order valence-corrected chi connectivity index (χ1v) is 8.41. The first-order chi connectivity index (χ1) is 9.12. The average Bonchev–Trinajstić information content (AvgIpc) is 2.26. The molecule has 0 heterocycles. The molecular formula is C15H25NaO4S. The first kappa shape index (κ1) is 21.4. The topological polar surface area (TPSA) is 66.4 Å². The minimum atomic E-state index is -4.69. The largest absolute Gasteiger partial charge is 1.00 e. The van der Waals surface area contributed by atoms with Gasteiger partial charge in [0, 0.05) is 0 Å². The van der Waals surface area contributed by atoms with E-state index in [1.54, 1.807) is 6.92 Å². The molecule has 0 N–H and O–H groups in total. The Hall–Kier alpha value is 0.350. The fourth-order valence-electron chi connectivity index (χ4n) is 2.71. The van der Waals surface area contributed by atoms with Gasteiger partial charge in [0.15, 0.2) is 0 Å². The molecule has 0 aromatic heterocycles. The van der Waals surface area contributed by atoms with E-state index in [1.165, 1.54) is 11.1 Å². The number of allylic oxidation sites excluding steroid dienone is 4. The zero-order chi connectivity index (χ0) is 15.4. The van der Waals surface area contributed by atoms with Crippen LogP contribution in [0.1, 0.15) is 59.8 Å². The van der Waals surface area contributed by atoms with Crippen LogP contribution >= 0.6 is 0 Å².